The molecule has 0 spiro atoms. The minimum Gasteiger partial charge on any atom is -2.00 e. The van der Waals surface area contributed by atoms with Gasteiger partial charge in [0.2, 0.25) is 0 Å². The van der Waals surface area contributed by atoms with Crippen LogP contribution in [0.5, 0.6) is 23.0 Å². The topological polar surface area (TPSA) is 195 Å². The Hall–Kier alpha value is -4.47. The summed E-state index contributed by atoms with van der Waals surface area (Å²) in [5.74, 6) is -0.764. The summed E-state index contributed by atoms with van der Waals surface area (Å²) >= 11 is 0. The molecule has 6 aromatic carbocycles. The van der Waals surface area contributed by atoms with Crippen LogP contribution in [0, 0.1) is 0 Å². The Morgan fingerprint density at radius 2 is 0.453 bits per heavy atom. The normalized spacial score (nSPS) is 12.2. The Kier molecular flexibility index (Phi) is 31.4. The van der Waals surface area contributed by atoms with Crippen molar-refractivity contribution in [2.75, 3.05) is 13.2 Å². The van der Waals surface area contributed by atoms with Crippen LogP contribution < -0.4 is 30.6 Å². The maximum Gasteiger partial charge on any atom is 0.0328 e. The van der Waals surface area contributed by atoms with E-state index in [1.807, 2.05) is 74.5 Å². The van der Waals surface area contributed by atoms with Gasteiger partial charge < -0.3 is 41.6 Å². The molecule has 0 saturated carbocycles. The first-order valence-electron chi connectivity index (χ1n) is 30.0. The van der Waals surface area contributed by atoms with Crippen molar-refractivity contribution in [1.29, 1.82) is 0 Å². The maximum absolute atomic E-state index is 14.3. The Bertz CT molecular complexity index is 2640. The van der Waals surface area contributed by atoms with Crippen molar-refractivity contribution in [3.63, 3.8) is 0 Å². The summed E-state index contributed by atoms with van der Waals surface area (Å²) in [5, 5.41) is 75.6. The van der Waals surface area contributed by atoms with Crippen LogP contribution in [0.1, 0.15) is 283 Å². The fourth-order valence-corrected chi connectivity index (χ4v) is 9.77. The number of rotatable bonds is 8. The molecular weight excluding hydrogens is 1140 g/mol. The summed E-state index contributed by atoms with van der Waals surface area (Å²) in [6, 6.07) is 36.7. The van der Waals surface area contributed by atoms with Gasteiger partial charge in [-0.05, 0) is 121 Å². The molecule has 0 aliphatic rings. The fourth-order valence-electron chi connectivity index (χ4n) is 9.77. The third-order valence-corrected chi connectivity index (χ3v) is 15.1. The van der Waals surface area contributed by atoms with Crippen LogP contribution in [0.3, 0.4) is 0 Å². The number of hydrogen-bond donors (Lipinski definition) is 0. The molecule has 6 aromatic rings. The van der Waals surface area contributed by atoms with Gasteiger partial charge in [0.1, 0.15) is 0 Å². The average Bonchev–Trinajstić information content (AvgIpc) is 2.22. The monoisotopic (exact) mass is 1250 g/mol. The molecule has 0 saturated heterocycles. The second kappa shape index (κ2) is 32.3. The molecule has 0 heterocycles. The standard InChI is InChI=1S/2C35H48O2.2C3H7O.2O.2V/c2*1-32(2,3)23-18-25(30(36)27(20-23)34(7,8)9)29(22-16-14-13-15-17-22)26-19-24(33(4,5)6)21-28(31(26)37)35(10,11)12;2*1-2-3-4;;;;/h2*13-21,29,36-37H,1-12H3;2*2-3H2,1H3;;;;/q;;2*-1;2*-2;;/p-4. The summed E-state index contributed by atoms with van der Waals surface area (Å²) in [4.78, 5) is 0. The van der Waals surface area contributed by atoms with Gasteiger partial charge in [0.15, 0.2) is 0 Å². The second-order valence-electron chi connectivity index (χ2n) is 30.9. The van der Waals surface area contributed by atoms with Gasteiger partial charge in [-0.2, -0.15) is 0 Å². The zero-order chi connectivity index (χ0) is 63.1. The van der Waals surface area contributed by atoms with Gasteiger partial charge in [-0.3, -0.25) is 0 Å². The molecule has 10 heteroatoms. The largest absolute Gasteiger partial charge is 2.00 e. The van der Waals surface area contributed by atoms with E-state index in [9.17, 15) is 30.6 Å². The summed E-state index contributed by atoms with van der Waals surface area (Å²) in [6.45, 7) is 55.1. The Morgan fingerprint density at radius 1 is 0.291 bits per heavy atom. The zero-order valence-electron chi connectivity index (χ0n) is 57.5. The molecule has 6 rings (SSSR count). The summed E-state index contributed by atoms with van der Waals surface area (Å²) < 4.78 is 0. The molecule has 0 amide bonds. The van der Waals surface area contributed by atoms with Crippen LogP contribution in [0.25, 0.3) is 0 Å². The molecule has 0 fully saturated rings. The van der Waals surface area contributed by atoms with Gasteiger partial charge in [0.25, 0.3) is 0 Å². The van der Waals surface area contributed by atoms with Crippen molar-refractivity contribution in [3.8, 4) is 23.0 Å². The van der Waals surface area contributed by atoms with E-state index in [0.29, 0.717) is 22.3 Å². The van der Waals surface area contributed by atoms with Gasteiger partial charge in [0, 0.05) is 48.9 Å². The van der Waals surface area contributed by atoms with Crippen LogP contribution in [-0.4, -0.2) is 13.2 Å². The van der Waals surface area contributed by atoms with Gasteiger partial charge in [-0.1, -0.05) is 302 Å². The van der Waals surface area contributed by atoms with Crippen molar-refractivity contribution in [3.05, 3.63) is 187 Å². The van der Waals surface area contributed by atoms with E-state index < -0.39 is 11.8 Å². The second-order valence-corrected chi connectivity index (χ2v) is 30.9. The van der Waals surface area contributed by atoms with E-state index in [0.717, 1.165) is 68.5 Å². The van der Waals surface area contributed by atoms with E-state index in [1.54, 1.807) is 0 Å². The molecule has 2 radical (unpaired) electrons. The summed E-state index contributed by atoms with van der Waals surface area (Å²) in [5.41, 5.74) is 10.5. The van der Waals surface area contributed by atoms with E-state index in [4.69, 9.17) is 0 Å². The molecule has 0 unspecified atom stereocenters. The van der Waals surface area contributed by atoms with E-state index in [1.165, 1.54) is 0 Å². The van der Waals surface area contributed by atoms with E-state index in [2.05, 4.69) is 215 Å². The van der Waals surface area contributed by atoms with Gasteiger partial charge >= 0.3 is 0 Å². The Balaban J connectivity index is 0. The predicted molar refractivity (Wildman–Crippen MR) is 340 cm³/mol. The van der Waals surface area contributed by atoms with E-state index in [-0.39, 0.29) is 128 Å². The third-order valence-electron chi connectivity index (χ3n) is 15.1. The quantitative estimate of drug-likeness (QED) is 0.136. The van der Waals surface area contributed by atoms with Crippen molar-refractivity contribution in [2.45, 2.75) is 248 Å². The minimum absolute atomic E-state index is 0. The molecular formula is C76H106O8V2-10. The van der Waals surface area contributed by atoms with Crippen molar-refractivity contribution in [1.82, 2.24) is 0 Å². The van der Waals surface area contributed by atoms with Gasteiger partial charge in [0.05, 0.1) is 0 Å². The van der Waals surface area contributed by atoms with Crippen LogP contribution in [0.4, 0.5) is 0 Å². The summed E-state index contributed by atoms with van der Waals surface area (Å²) in [6.07, 6.45) is 1.53. The minimum atomic E-state index is -0.451. The Morgan fingerprint density at radius 3 is 0.581 bits per heavy atom. The molecule has 86 heavy (non-hydrogen) atoms. The first kappa shape index (κ1) is 83.6. The van der Waals surface area contributed by atoms with Crippen molar-refractivity contribution in [2.24, 2.45) is 0 Å². The maximum atomic E-state index is 14.3. The molecule has 0 aliphatic carbocycles. The SMILES string of the molecule is CC(C)(C)c1cc(C(c2ccccc2)c2cc(C(C)(C)C)cc(C(C)(C)C)c2[O-])c([O-])c(C(C)(C)C)c1.CC(C)(C)c1cc(C(c2ccccc2)c2cc(C(C)(C)C)cc(C(C)(C)C)c2[O-])c([O-])c(C(C)(C)C)c1.CCC[O-].CCC[O-].[O-2].[O-2].[V].[V]. The third kappa shape index (κ3) is 21.9. The molecule has 0 N–H and O–H groups in total. The molecule has 0 aromatic heterocycles. The molecule has 478 valence electrons. The molecule has 8 nitrogen and oxygen atoms in total. The van der Waals surface area contributed by atoms with E-state index >= 15 is 0 Å². The predicted octanol–water partition coefficient (Wildman–Crippen LogP) is 15.7. The van der Waals surface area contributed by atoms with Crippen LogP contribution in [0.2, 0.25) is 0 Å². The first-order valence-corrected chi connectivity index (χ1v) is 30.0. The smallest absolute Gasteiger partial charge is 0.0328 e. The van der Waals surface area contributed by atoms with Crippen LogP contribution in [-0.2, 0) is 91.4 Å². The summed E-state index contributed by atoms with van der Waals surface area (Å²) in [7, 11) is 0. The first-order chi connectivity index (χ1) is 37.3. The molecule has 0 aliphatic heterocycles. The zero-order valence-corrected chi connectivity index (χ0v) is 60.3. The average molecular weight is 1250 g/mol. The van der Waals surface area contributed by atoms with Crippen molar-refractivity contribution < 1.29 is 78.7 Å². The fraction of sp³-hybridized carbons (Fsp3) is 0.526. The molecule has 0 atom stereocenters. The van der Waals surface area contributed by atoms with Crippen molar-refractivity contribution >= 4 is 0 Å². The van der Waals surface area contributed by atoms with Crippen LogP contribution >= 0.6 is 0 Å². The van der Waals surface area contributed by atoms with Gasteiger partial charge in [-0.15, -0.1) is 36.2 Å². The number of benzene rings is 6. The number of hydrogen-bond acceptors (Lipinski definition) is 6. The Labute approximate surface area is 546 Å². The van der Waals surface area contributed by atoms with Crippen LogP contribution in [0.15, 0.2) is 109 Å². The van der Waals surface area contributed by atoms with Gasteiger partial charge in [-0.25, -0.2) is 0 Å². The molecule has 0 bridgehead atoms.